The third-order valence-corrected chi connectivity index (χ3v) is 6.72. The highest BCUT2D eigenvalue weighted by Crippen LogP contribution is 2.46. The minimum Gasteiger partial charge on any atom is -0.347 e. The summed E-state index contributed by atoms with van der Waals surface area (Å²) in [6, 6.07) is 0. The van der Waals surface area contributed by atoms with Crippen molar-refractivity contribution in [2.75, 3.05) is 38.0 Å². The maximum atomic E-state index is 6.37. The lowest BCUT2D eigenvalue weighted by Crippen LogP contribution is -2.13. The molecule has 0 saturated carbocycles. The van der Waals surface area contributed by atoms with E-state index in [1.807, 2.05) is 38.0 Å². The van der Waals surface area contributed by atoms with Gasteiger partial charge in [-0.05, 0) is 0 Å². The maximum absolute atomic E-state index is 6.37. The van der Waals surface area contributed by atoms with Crippen molar-refractivity contribution in [3.8, 4) is 0 Å². The molecule has 0 amide bonds. The fourth-order valence-electron chi connectivity index (χ4n) is 2.36. The van der Waals surface area contributed by atoms with Crippen LogP contribution in [0.15, 0.2) is 0 Å². The maximum Gasteiger partial charge on any atom is 0.226 e. The summed E-state index contributed by atoms with van der Waals surface area (Å²) in [4.78, 5) is 21.7. The molecule has 0 spiro atoms. The highest BCUT2D eigenvalue weighted by atomic mass is 35.5. The second-order valence-corrected chi connectivity index (χ2v) is 8.66. The molecular formula is C14H12Cl2N6S2. The first-order valence-corrected chi connectivity index (χ1v) is 9.36. The van der Waals surface area contributed by atoms with Crippen molar-refractivity contribution in [2.45, 2.75) is 0 Å². The first-order valence-electron chi connectivity index (χ1n) is 6.97. The Bertz CT molecular complexity index is 1020. The summed E-state index contributed by atoms with van der Waals surface area (Å²) in [5, 5.41) is 1.88. The summed E-state index contributed by atoms with van der Waals surface area (Å²) < 4.78 is 2.80. The molecule has 4 aromatic heterocycles. The van der Waals surface area contributed by atoms with Crippen LogP contribution in [0.2, 0.25) is 10.3 Å². The molecule has 0 bridgehead atoms. The molecule has 124 valence electrons. The van der Waals surface area contributed by atoms with Gasteiger partial charge in [0.05, 0.1) is 29.8 Å². The predicted molar refractivity (Wildman–Crippen MR) is 105 cm³/mol. The van der Waals surface area contributed by atoms with Crippen molar-refractivity contribution in [3.63, 3.8) is 0 Å². The molecule has 0 radical (unpaired) electrons. The van der Waals surface area contributed by atoms with Gasteiger partial charge in [0.2, 0.25) is 11.9 Å². The van der Waals surface area contributed by atoms with Gasteiger partial charge in [0.25, 0.3) is 0 Å². The largest absolute Gasteiger partial charge is 0.347 e. The molecule has 0 N–H and O–H groups in total. The fourth-order valence-corrected chi connectivity index (χ4v) is 5.30. The summed E-state index contributed by atoms with van der Waals surface area (Å²) in [6.07, 6.45) is 0. The summed E-state index contributed by atoms with van der Waals surface area (Å²) in [6.45, 7) is 0. The first kappa shape index (κ1) is 16.0. The summed E-state index contributed by atoms with van der Waals surface area (Å²) in [7, 11) is 7.54. The van der Waals surface area contributed by atoms with E-state index in [0.29, 0.717) is 22.2 Å². The Labute approximate surface area is 155 Å². The number of aromatic nitrogens is 4. The zero-order valence-corrected chi connectivity index (χ0v) is 16.4. The molecule has 4 heterocycles. The number of thiophene rings is 2. The highest BCUT2D eigenvalue weighted by molar-refractivity contribution is 7.44. The van der Waals surface area contributed by atoms with Gasteiger partial charge in [-0.1, -0.05) is 23.2 Å². The lowest BCUT2D eigenvalue weighted by Gasteiger charge is -2.11. The topological polar surface area (TPSA) is 58.0 Å². The van der Waals surface area contributed by atoms with E-state index in [0.717, 1.165) is 29.8 Å². The van der Waals surface area contributed by atoms with E-state index < -0.39 is 0 Å². The fraction of sp³-hybridized carbons (Fsp3) is 0.286. The number of nitrogens with zero attached hydrogens (tertiary/aromatic N) is 6. The van der Waals surface area contributed by atoms with Gasteiger partial charge in [-0.25, -0.2) is 9.97 Å². The standard InChI is InChI=1S/C14H12Cl2N6S2/c1-21(2)13-17-6-5-7-9(11(16)20-14(18-7)22(3)4)24-12(5)23-8(6)10(15)19-13/h1-4H3. The molecule has 10 heteroatoms. The Morgan fingerprint density at radius 2 is 1.12 bits per heavy atom. The van der Waals surface area contributed by atoms with Crippen LogP contribution < -0.4 is 9.80 Å². The van der Waals surface area contributed by atoms with Crippen LogP contribution in [-0.4, -0.2) is 48.1 Å². The second-order valence-electron chi connectivity index (χ2n) is 5.64. The van der Waals surface area contributed by atoms with Crippen molar-refractivity contribution < 1.29 is 0 Å². The van der Waals surface area contributed by atoms with Crippen LogP contribution in [0, 0.1) is 0 Å². The van der Waals surface area contributed by atoms with E-state index >= 15 is 0 Å². The van der Waals surface area contributed by atoms with Crippen LogP contribution in [0.5, 0.6) is 0 Å². The van der Waals surface area contributed by atoms with Gasteiger partial charge >= 0.3 is 0 Å². The third kappa shape index (κ3) is 2.28. The summed E-state index contributed by atoms with van der Waals surface area (Å²) in [5.74, 6) is 1.14. The molecule has 4 rings (SSSR count). The number of rotatable bonds is 2. The number of fused-ring (bicyclic) bond motifs is 5. The molecule has 0 fully saturated rings. The molecule has 0 saturated heterocycles. The lowest BCUT2D eigenvalue weighted by atomic mass is 10.3. The first-order chi connectivity index (χ1) is 11.4. The Morgan fingerprint density at radius 3 is 1.50 bits per heavy atom. The van der Waals surface area contributed by atoms with Gasteiger partial charge < -0.3 is 9.80 Å². The molecule has 6 nitrogen and oxygen atoms in total. The number of hydrogen-bond donors (Lipinski definition) is 0. The molecule has 0 aliphatic heterocycles. The number of hydrogen-bond acceptors (Lipinski definition) is 8. The average Bonchev–Trinajstić information content (AvgIpc) is 3.04. The van der Waals surface area contributed by atoms with Crippen molar-refractivity contribution in [1.29, 1.82) is 0 Å². The normalized spacial score (nSPS) is 11.8. The molecule has 4 aromatic rings. The molecular weight excluding hydrogens is 387 g/mol. The van der Waals surface area contributed by atoms with Gasteiger partial charge in [0.15, 0.2) is 10.3 Å². The van der Waals surface area contributed by atoms with Crippen LogP contribution in [0.3, 0.4) is 0 Å². The van der Waals surface area contributed by atoms with Gasteiger partial charge in [0, 0.05) is 28.2 Å². The lowest BCUT2D eigenvalue weighted by molar-refractivity contribution is 1.02. The SMILES string of the molecule is CN(C)c1nc(Cl)c2sc3sc4c(Cl)nc(N(C)C)nc4c3c2n1. The van der Waals surface area contributed by atoms with Crippen molar-refractivity contribution in [2.24, 2.45) is 0 Å². The van der Waals surface area contributed by atoms with E-state index in [4.69, 9.17) is 23.2 Å². The Hall–Kier alpha value is -1.48. The molecule has 0 unspecified atom stereocenters. The number of anilines is 2. The number of halogens is 2. The van der Waals surface area contributed by atoms with Crippen LogP contribution in [0.25, 0.3) is 29.8 Å². The quantitative estimate of drug-likeness (QED) is 0.469. The van der Waals surface area contributed by atoms with E-state index in [1.165, 1.54) is 0 Å². The van der Waals surface area contributed by atoms with Crippen LogP contribution in [0.4, 0.5) is 11.9 Å². The molecule has 0 aliphatic carbocycles. The third-order valence-electron chi connectivity index (χ3n) is 3.49. The Balaban J connectivity index is 2.17. The van der Waals surface area contributed by atoms with E-state index in [-0.39, 0.29) is 0 Å². The predicted octanol–water partition coefficient (Wildman–Crippen LogP) is 4.29. The van der Waals surface area contributed by atoms with Gasteiger partial charge in [-0.15, -0.1) is 22.7 Å². The van der Waals surface area contributed by atoms with Gasteiger partial charge in [-0.3, -0.25) is 0 Å². The molecule has 0 atom stereocenters. The van der Waals surface area contributed by atoms with Crippen molar-refractivity contribution >= 4 is 87.6 Å². The minimum atomic E-state index is 0.457. The van der Waals surface area contributed by atoms with Crippen molar-refractivity contribution in [3.05, 3.63) is 10.3 Å². The van der Waals surface area contributed by atoms with Crippen LogP contribution >= 0.6 is 45.9 Å². The second kappa shape index (κ2) is 5.52. The van der Waals surface area contributed by atoms with E-state index in [2.05, 4.69) is 19.9 Å². The van der Waals surface area contributed by atoms with Gasteiger partial charge in [0.1, 0.15) is 0 Å². The minimum absolute atomic E-state index is 0.457. The Kier molecular flexibility index (Phi) is 3.68. The Morgan fingerprint density at radius 1 is 0.708 bits per heavy atom. The van der Waals surface area contributed by atoms with Gasteiger partial charge in [-0.2, -0.15) is 9.97 Å². The monoisotopic (exact) mass is 398 g/mol. The molecule has 0 aliphatic rings. The summed E-state index contributed by atoms with van der Waals surface area (Å²) in [5.41, 5.74) is 1.62. The van der Waals surface area contributed by atoms with E-state index in [1.54, 1.807) is 22.7 Å². The van der Waals surface area contributed by atoms with Crippen LogP contribution in [-0.2, 0) is 0 Å². The molecule has 0 aromatic carbocycles. The smallest absolute Gasteiger partial charge is 0.226 e. The average molecular weight is 399 g/mol. The van der Waals surface area contributed by atoms with E-state index in [9.17, 15) is 0 Å². The zero-order chi connectivity index (χ0) is 17.2. The highest BCUT2D eigenvalue weighted by Gasteiger charge is 2.21. The summed E-state index contributed by atoms with van der Waals surface area (Å²) >= 11 is 15.9. The zero-order valence-electron chi connectivity index (χ0n) is 13.3. The molecule has 24 heavy (non-hydrogen) atoms. The van der Waals surface area contributed by atoms with Crippen molar-refractivity contribution in [1.82, 2.24) is 19.9 Å². The van der Waals surface area contributed by atoms with Crippen LogP contribution in [0.1, 0.15) is 0 Å².